The lowest BCUT2D eigenvalue weighted by atomic mass is 9.69. The van der Waals surface area contributed by atoms with E-state index in [1.54, 1.807) is 28.4 Å². The highest BCUT2D eigenvalue weighted by atomic mass is 16.5. The number of rotatable bonds is 10. The quantitative estimate of drug-likeness (QED) is 0.462. The molecular formula is C28H37N2O4+. The van der Waals surface area contributed by atoms with E-state index in [1.165, 1.54) is 5.56 Å². The van der Waals surface area contributed by atoms with Crippen LogP contribution in [0.25, 0.3) is 0 Å². The molecule has 0 bridgehead atoms. The topological polar surface area (TPSA) is 63.7 Å². The molecule has 3 rings (SSSR count). The molecule has 6 heteroatoms. The van der Waals surface area contributed by atoms with Crippen LogP contribution in [0.3, 0.4) is 0 Å². The number of benzene rings is 2. The van der Waals surface area contributed by atoms with Crippen molar-refractivity contribution in [2.24, 2.45) is 5.92 Å². The van der Waals surface area contributed by atoms with Gasteiger partial charge in [0.1, 0.15) is 7.05 Å². The van der Waals surface area contributed by atoms with Gasteiger partial charge in [0.05, 0.1) is 39.9 Å². The van der Waals surface area contributed by atoms with Gasteiger partial charge < -0.3 is 18.9 Å². The van der Waals surface area contributed by atoms with E-state index in [1.807, 2.05) is 24.3 Å². The second-order valence-electron chi connectivity index (χ2n) is 9.26. The summed E-state index contributed by atoms with van der Waals surface area (Å²) in [6, 6.07) is 13.0. The molecule has 2 aromatic carbocycles. The van der Waals surface area contributed by atoms with E-state index >= 15 is 0 Å². The maximum absolute atomic E-state index is 10.4. The van der Waals surface area contributed by atoms with E-state index in [-0.39, 0.29) is 5.92 Å². The molecule has 2 atom stereocenters. The van der Waals surface area contributed by atoms with Crippen LogP contribution < -0.4 is 18.9 Å². The molecule has 0 fully saturated rings. The van der Waals surface area contributed by atoms with Crippen molar-refractivity contribution < 1.29 is 23.5 Å². The summed E-state index contributed by atoms with van der Waals surface area (Å²) in [4.78, 5) is 0. The Labute approximate surface area is 203 Å². The average molecular weight is 466 g/mol. The van der Waals surface area contributed by atoms with Gasteiger partial charge in [-0.25, -0.2) is 4.58 Å². The molecule has 0 aromatic heterocycles. The van der Waals surface area contributed by atoms with Crippen LogP contribution in [-0.4, -0.2) is 52.3 Å². The van der Waals surface area contributed by atoms with Gasteiger partial charge in [-0.1, -0.05) is 19.9 Å². The molecular weight excluding hydrogens is 428 g/mol. The summed E-state index contributed by atoms with van der Waals surface area (Å²) in [5, 5.41) is 10.4. The Morgan fingerprint density at radius 1 is 0.971 bits per heavy atom. The number of ether oxygens (including phenoxy) is 4. The predicted octanol–water partition coefficient (Wildman–Crippen LogP) is 4.99. The van der Waals surface area contributed by atoms with Gasteiger partial charge in [0, 0.05) is 18.4 Å². The van der Waals surface area contributed by atoms with E-state index in [4.69, 9.17) is 18.9 Å². The van der Waals surface area contributed by atoms with E-state index in [0.717, 1.165) is 48.3 Å². The zero-order valence-corrected chi connectivity index (χ0v) is 21.5. The predicted molar refractivity (Wildman–Crippen MR) is 134 cm³/mol. The summed E-state index contributed by atoms with van der Waals surface area (Å²) in [6.07, 6.45) is 5.82. The molecule has 0 radical (unpaired) electrons. The van der Waals surface area contributed by atoms with Crippen molar-refractivity contribution in [2.45, 2.75) is 51.0 Å². The lowest BCUT2D eigenvalue weighted by Crippen LogP contribution is -2.34. The highest BCUT2D eigenvalue weighted by molar-refractivity contribution is 5.80. The fraction of sp³-hybridized carbons (Fsp3) is 0.500. The summed E-state index contributed by atoms with van der Waals surface area (Å²) < 4.78 is 24.2. The maximum atomic E-state index is 10.4. The molecule has 2 unspecified atom stereocenters. The van der Waals surface area contributed by atoms with Crippen LogP contribution in [0, 0.1) is 17.2 Å². The number of fused-ring (bicyclic) bond motifs is 1. The normalized spacial score (nSPS) is 16.7. The molecule has 0 saturated heterocycles. The molecule has 6 nitrogen and oxygen atoms in total. The van der Waals surface area contributed by atoms with E-state index < -0.39 is 5.41 Å². The highest BCUT2D eigenvalue weighted by Crippen LogP contribution is 2.41. The lowest BCUT2D eigenvalue weighted by Gasteiger charge is -2.32. The van der Waals surface area contributed by atoms with Crippen molar-refractivity contribution in [1.82, 2.24) is 0 Å². The third-order valence-corrected chi connectivity index (χ3v) is 7.21. The smallest absolute Gasteiger partial charge is 0.171 e. The monoisotopic (exact) mass is 465 g/mol. The third kappa shape index (κ3) is 4.84. The third-order valence-electron chi connectivity index (χ3n) is 7.21. The van der Waals surface area contributed by atoms with Gasteiger partial charge in [0.15, 0.2) is 35.3 Å². The first-order chi connectivity index (χ1) is 16.3. The molecule has 0 N–H and O–H groups in total. The maximum Gasteiger partial charge on any atom is 0.171 e. The Morgan fingerprint density at radius 3 is 2.18 bits per heavy atom. The minimum atomic E-state index is -0.592. The zero-order valence-electron chi connectivity index (χ0n) is 21.5. The minimum absolute atomic E-state index is 0.156. The summed E-state index contributed by atoms with van der Waals surface area (Å²) in [5.41, 5.74) is 2.81. The molecule has 1 heterocycles. The van der Waals surface area contributed by atoms with Gasteiger partial charge >= 0.3 is 0 Å². The summed E-state index contributed by atoms with van der Waals surface area (Å²) in [5.74, 6) is 2.99. The lowest BCUT2D eigenvalue weighted by molar-refractivity contribution is -0.536. The first kappa shape index (κ1) is 25.4. The number of methoxy groups -OCH3 is 4. The van der Waals surface area contributed by atoms with Gasteiger partial charge in [-0.2, -0.15) is 5.26 Å². The molecule has 34 heavy (non-hydrogen) atoms. The Morgan fingerprint density at radius 2 is 1.59 bits per heavy atom. The average Bonchev–Trinajstić information content (AvgIpc) is 2.85. The van der Waals surface area contributed by atoms with Gasteiger partial charge in [-0.3, -0.25) is 0 Å². The molecule has 0 spiro atoms. The zero-order chi connectivity index (χ0) is 24.9. The van der Waals surface area contributed by atoms with Crippen molar-refractivity contribution in [2.75, 3.05) is 35.5 Å². The Kier molecular flexibility index (Phi) is 8.09. The first-order valence-corrected chi connectivity index (χ1v) is 11.8. The van der Waals surface area contributed by atoms with Crippen LogP contribution >= 0.6 is 0 Å². The first-order valence-electron chi connectivity index (χ1n) is 11.8. The van der Waals surface area contributed by atoms with Crippen molar-refractivity contribution >= 4 is 6.21 Å². The Hall–Kier alpha value is -3.20. The minimum Gasteiger partial charge on any atom is -0.493 e. The SMILES string of the molecule is COc1ccc(C(C#N)(CCCC2Cc3cc(OC)c(OC)cc3C=[N+]2C)C(C)C)cc1OC. The Balaban J connectivity index is 1.79. The van der Waals surface area contributed by atoms with Crippen LogP contribution in [0.2, 0.25) is 0 Å². The van der Waals surface area contributed by atoms with Crippen molar-refractivity contribution in [3.63, 3.8) is 0 Å². The summed E-state index contributed by atoms with van der Waals surface area (Å²) in [6.45, 7) is 4.24. The molecule has 182 valence electrons. The van der Waals surface area contributed by atoms with E-state index in [0.29, 0.717) is 17.5 Å². The van der Waals surface area contributed by atoms with Gasteiger partial charge in [0.2, 0.25) is 0 Å². The van der Waals surface area contributed by atoms with E-state index in [2.05, 4.69) is 43.8 Å². The standard InChI is InChI=1S/C28H37N2O4/c1-19(2)28(18-29,22-10-11-24(31-4)27(16-22)34-7)12-8-9-23-13-20-14-25(32-5)26(33-6)15-21(20)17-30(23)3/h10-11,14-17,19,23H,8-9,12-13H2,1-7H3/q+1. The Bertz CT molecular complexity index is 1090. The van der Waals surface area contributed by atoms with E-state index in [9.17, 15) is 5.26 Å². The number of likely N-dealkylation sites (N-methyl/N-ethyl adjacent to an activating group) is 1. The molecule has 1 aliphatic rings. The molecule has 1 aliphatic heterocycles. The summed E-state index contributed by atoms with van der Waals surface area (Å²) >= 11 is 0. The van der Waals surface area contributed by atoms with Crippen molar-refractivity contribution in [1.29, 1.82) is 5.26 Å². The fourth-order valence-electron chi connectivity index (χ4n) is 5.01. The molecule has 2 aromatic rings. The summed E-state index contributed by atoms with van der Waals surface area (Å²) in [7, 11) is 8.71. The van der Waals surface area contributed by atoms with Gasteiger partial charge in [-0.15, -0.1) is 0 Å². The van der Waals surface area contributed by atoms with Crippen molar-refractivity contribution in [3.8, 4) is 29.1 Å². The number of hydrogen-bond donors (Lipinski definition) is 0. The van der Waals surface area contributed by atoms with Crippen LogP contribution in [0.5, 0.6) is 23.0 Å². The number of hydrogen-bond acceptors (Lipinski definition) is 5. The van der Waals surface area contributed by atoms with Crippen LogP contribution in [0.15, 0.2) is 30.3 Å². The fourth-order valence-corrected chi connectivity index (χ4v) is 5.01. The van der Waals surface area contributed by atoms with Crippen molar-refractivity contribution in [3.05, 3.63) is 47.0 Å². The molecule has 0 saturated carbocycles. The number of nitriles is 1. The van der Waals surface area contributed by atoms with Crippen LogP contribution in [0.1, 0.15) is 49.8 Å². The second kappa shape index (κ2) is 10.8. The second-order valence-corrected chi connectivity index (χ2v) is 9.26. The molecule has 0 aliphatic carbocycles. The number of nitrogens with zero attached hydrogens (tertiary/aromatic N) is 2. The van der Waals surface area contributed by atoms with Gasteiger partial charge in [-0.05, 0) is 54.2 Å². The van der Waals surface area contributed by atoms with Crippen LogP contribution in [-0.2, 0) is 11.8 Å². The highest BCUT2D eigenvalue weighted by Gasteiger charge is 2.37. The largest absolute Gasteiger partial charge is 0.493 e. The van der Waals surface area contributed by atoms with Gasteiger partial charge in [0.25, 0.3) is 0 Å². The van der Waals surface area contributed by atoms with Crippen LogP contribution in [0.4, 0.5) is 0 Å². The molecule has 0 amide bonds.